The van der Waals surface area contributed by atoms with Gasteiger partial charge in [0.05, 0.1) is 0 Å². The van der Waals surface area contributed by atoms with Crippen molar-refractivity contribution in [1.29, 1.82) is 0 Å². The molecule has 2 heterocycles. The van der Waals surface area contributed by atoms with E-state index in [4.69, 9.17) is 0 Å². The number of hydrogen-bond acceptors (Lipinski definition) is 5. The molecular formula is C19H29N5O2. The van der Waals surface area contributed by atoms with Crippen molar-refractivity contribution in [3.05, 3.63) is 17.5 Å². The van der Waals surface area contributed by atoms with Gasteiger partial charge in [0, 0.05) is 24.0 Å². The van der Waals surface area contributed by atoms with E-state index >= 15 is 0 Å². The summed E-state index contributed by atoms with van der Waals surface area (Å²) in [4.78, 5) is 36.2. The summed E-state index contributed by atoms with van der Waals surface area (Å²) in [5.74, 6) is 0.465. The monoisotopic (exact) mass is 359 g/mol. The van der Waals surface area contributed by atoms with Gasteiger partial charge in [-0.2, -0.15) is 0 Å². The summed E-state index contributed by atoms with van der Waals surface area (Å²) in [6.45, 7) is 8.43. The molecule has 1 unspecified atom stereocenters. The Labute approximate surface area is 155 Å². The van der Waals surface area contributed by atoms with E-state index in [9.17, 15) is 9.59 Å². The Morgan fingerprint density at radius 3 is 2.38 bits per heavy atom. The van der Waals surface area contributed by atoms with Crippen LogP contribution in [-0.4, -0.2) is 51.4 Å². The van der Waals surface area contributed by atoms with Crippen molar-refractivity contribution in [2.24, 2.45) is 5.92 Å². The van der Waals surface area contributed by atoms with Crippen LogP contribution in [0.2, 0.25) is 0 Å². The number of anilines is 1. The lowest BCUT2D eigenvalue weighted by Gasteiger charge is -2.30. The molecule has 2 fully saturated rings. The fourth-order valence-corrected chi connectivity index (χ4v) is 3.45. The van der Waals surface area contributed by atoms with E-state index in [0.29, 0.717) is 18.5 Å². The predicted octanol–water partition coefficient (Wildman–Crippen LogP) is 1.80. The van der Waals surface area contributed by atoms with Gasteiger partial charge in [0.15, 0.2) is 0 Å². The maximum Gasteiger partial charge on any atom is 0.246 e. The van der Waals surface area contributed by atoms with Crippen LogP contribution in [0, 0.1) is 19.8 Å². The summed E-state index contributed by atoms with van der Waals surface area (Å²) < 4.78 is 0. The molecule has 26 heavy (non-hydrogen) atoms. The number of likely N-dealkylation sites (tertiary alicyclic amines) is 1. The number of carbonyl (C=O) groups is 2. The van der Waals surface area contributed by atoms with Gasteiger partial charge in [-0.1, -0.05) is 13.8 Å². The van der Waals surface area contributed by atoms with Crippen molar-refractivity contribution < 1.29 is 9.59 Å². The van der Waals surface area contributed by atoms with Crippen molar-refractivity contribution in [3.8, 4) is 0 Å². The first-order valence-electron chi connectivity index (χ1n) is 9.55. The highest BCUT2D eigenvalue weighted by Crippen LogP contribution is 2.24. The normalized spacial score (nSPS) is 21.0. The molecule has 1 aliphatic heterocycles. The second kappa shape index (κ2) is 7.60. The number of aryl methyl sites for hydroxylation is 2. The van der Waals surface area contributed by atoms with Crippen molar-refractivity contribution in [2.45, 2.75) is 71.5 Å². The smallest absolute Gasteiger partial charge is 0.246 e. The van der Waals surface area contributed by atoms with Gasteiger partial charge in [-0.15, -0.1) is 0 Å². The summed E-state index contributed by atoms with van der Waals surface area (Å²) in [5.41, 5.74) is 1.72. The highest BCUT2D eigenvalue weighted by atomic mass is 16.2. The minimum atomic E-state index is -0.453. The molecule has 0 radical (unpaired) electrons. The quantitative estimate of drug-likeness (QED) is 0.809. The van der Waals surface area contributed by atoms with Crippen molar-refractivity contribution in [1.82, 2.24) is 20.2 Å². The number of nitrogens with zero attached hydrogens (tertiary/aromatic N) is 3. The number of nitrogens with one attached hydrogen (secondary N) is 2. The molecule has 1 aromatic heterocycles. The SMILES string of the molecule is Cc1cc(C)nc(NC(C(=O)N2CCC[C@H]2C(=O)NC2CC2)C(C)C)n1. The second-order valence-corrected chi connectivity index (χ2v) is 7.81. The van der Waals surface area contributed by atoms with E-state index < -0.39 is 6.04 Å². The Hall–Kier alpha value is -2.18. The van der Waals surface area contributed by atoms with E-state index in [0.717, 1.165) is 37.1 Å². The fraction of sp³-hybridized carbons (Fsp3) is 0.684. The van der Waals surface area contributed by atoms with Crippen molar-refractivity contribution in [2.75, 3.05) is 11.9 Å². The molecule has 2 atom stereocenters. The van der Waals surface area contributed by atoms with E-state index in [1.54, 1.807) is 4.90 Å². The van der Waals surface area contributed by atoms with Crippen molar-refractivity contribution >= 4 is 17.8 Å². The highest BCUT2D eigenvalue weighted by Gasteiger charge is 2.39. The standard InChI is InChI=1S/C19H29N5O2/c1-11(2)16(23-19-20-12(3)10-13(4)21-19)18(26)24-9-5-6-15(24)17(25)22-14-7-8-14/h10-11,14-16H,5-9H2,1-4H3,(H,22,25)(H,20,21,23)/t15-,16?/m0/s1. The molecule has 1 saturated carbocycles. The van der Waals surface area contributed by atoms with Gasteiger partial charge in [-0.25, -0.2) is 9.97 Å². The van der Waals surface area contributed by atoms with Gasteiger partial charge in [0.25, 0.3) is 0 Å². The lowest BCUT2D eigenvalue weighted by molar-refractivity contribution is -0.139. The second-order valence-electron chi connectivity index (χ2n) is 7.81. The predicted molar refractivity (Wildman–Crippen MR) is 99.7 cm³/mol. The highest BCUT2D eigenvalue weighted by molar-refractivity contribution is 5.91. The molecule has 2 aliphatic rings. The Bertz CT molecular complexity index is 666. The third-order valence-corrected chi connectivity index (χ3v) is 4.96. The van der Waals surface area contributed by atoms with Gasteiger partial charge in [-0.05, 0) is 51.5 Å². The summed E-state index contributed by atoms with van der Waals surface area (Å²) in [6, 6.07) is 1.40. The molecule has 7 heteroatoms. The number of aromatic nitrogens is 2. The third-order valence-electron chi connectivity index (χ3n) is 4.96. The maximum atomic E-state index is 13.2. The molecule has 2 N–H and O–H groups in total. The molecule has 0 bridgehead atoms. The average Bonchev–Trinajstić information content (AvgIpc) is 3.22. The van der Waals surface area contributed by atoms with Gasteiger partial charge in [0.2, 0.25) is 17.8 Å². The largest absolute Gasteiger partial charge is 0.352 e. The minimum absolute atomic E-state index is 0.0106. The van der Waals surface area contributed by atoms with Crippen LogP contribution in [-0.2, 0) is 9.59 Å². The van der Waals surface area contributed by atoms with Crippen LogP contribution in [0.3, 0.4) is 0 Å². The first kappa shape index (κ1) is 18.6. The maximum absolute atomic E-state index is 13.2. The first-order chi connectivity index (χ1) is 12.3. The van der Waals surface area contributed by atoms with Crippen LogP contribution in [0.25, 0.3) is 0 Å². The minimum Gasteiger partial charge on any atom is -0.352 e. The third kappa shape index (κ3) is 4.31. The molecule has 7 nitrogen and oxygen atoms in total. The Morgan fingerprint density at radius 2 is 1.81 bits per heavy atom. The summed E-state index contributed by atoms with van der Waals surface area (Å²) in [7, 11) is 0. The molecule has 0 spiro atoms. The molecule has 1 saturated heterocycles. The van der Waals surface area contributed by atoms with Gasteiger partial charge in [0.1, 0.15) is 12.1 Å². The molecule has 2 amide bonds. The number of amides is 2. The topological polar surface area (TPSA) is 87.2 Å². The number of rotatable bonds is 6. The van der Waals surface area contributed by atoms with Crippen LogP contribution >= 0.6 is 0 Å². The van der Waals surface area contributed by atoms with E-state index in [1.165, 1.54) is 0 Å². The molecule has 3 rings (SSSR count). The van der Waals surface area contributed by atoms with Crippen LogP contribution in [0.4, 0.5) is 5.95 Å². The lowest BCUT2D eigenvalue weighted by Crippen LogP contribution is -2.52. The molecule has 142 valence electrons. The average molecular weight is 359 g/mol. The van der Waals surface area contributed by atoms with Crippen LogP contribution < -0.4 is 10.6 Å². The lowest BCUT2D eigenvalue weighted by atomic mass is 10.0. The van der Waals surface area contributed by atoms with E-state index in [1.807, 2.05) is 33.8 Å². The van der Waals surface area contributed by atoms with Crippen LogP contribution in [0.1, 0.15) is 50.9 Å². The van der Waals surface area contributed by atoms with E-state index in [-0.39, 0.29) is 23.8 Å². The van der Waals surface area contributed by atoms with Crippen LogP contribution in [0.5, 0.6) is 0 Å². The van der Waals surface area contributed by atoms with Gasteiger partial charge in [-0.3, -0.25) is 9.59 Å². The number of hydrogen-bond donors (Lipinski definition) is 2. The zero-order valence-electron chi connectivity index (χ0n) is 16.1. The zero-order chi connectivity index (χ0) is 18.8. The van der Waals surface area contributed by atoms with Gasteiger partial charge < -0.3 is 15.5 Å². The molecule has 1 aliphatic carbocycles. The molecular weight excluding hydrogens is 330 g/mol. The fourth-order valence-electron chi connectivity index (χ4n) is 3.45. The summed E-state index contributed by atoms with van der Waals surface area (Å²) in [5, 5.41) is 6.24. The van der Waals surface area contributed by atoms with Gasteiger partial charge >= 0.3 is 0 Å². The molecule has 0 aromatic carbocycles. The summed E-state index contributed by atoms with van der Waals surface area (Å²) >= 11 is 0. The Morgan fingerprint density at radius 1 is 1.15 bits per heavy atom. The Kier molecular flexibility index (Phi) is 5.44. The van der Waals surface area contributed by atoms with E-state index in [2.05, 4.69) is 20.6 Å². The first-order valence-corrected chi connectivity index (χ1v) is 9.55. The molecule has 1 aromatic rings. The zero-order valence-corrected chi connectivity index (χ0v) is 16.1. The van der Waals surface area contributed by atoms with Crippen molar-refractivity contribution in [3.63, 3.8) is 0 Å². The Balaban J connectivity index is 1.73. The number of carbonyl (C=O) groups excluding carboxylic acids is 2. The summed E-state index contributed by atoms with van der Waals surface area (Å²) in [6.07, 6.45) is 3.69. The van der Waals surface area contributed by atoms with Crippen LogP contribution in [0.15, 0.2) is 6.07 Å².